The van der Waals surface area contributed by atoms with E-state index < -0.39 is 0 Å². The first-order chi connectivity index (χ1) is 9.70. The van der Waals surface area contributed by atoms with E-state index in [-0.39, 0.29) is 24.4 Å². The summed E-state index contributed by atoms with van der Waals surface area (Å²) in [4.78, 5) is 30.1. The van der Waals surface area contributed by atoms with Gasteiger partial charge in [0.15, 0.2) is 0 Å². The SMILES string of the molecule is CCCn1ncnc1CN1C(=O)CNC(=O)C1C1CC1. The van der Waals surface area contributed by atoms with Crippen LogP contribution in [0.2, 0.25) is 0 Å². The summed E-state index contributed by atoms with van der Waals surface area (Å²) in [5.41, 5.74) is 0. The Morgan fingerprint density at radius 2 is 2.20 bits per heavy atom. The van der Waals surface area contributed by atoms with Crippen LogP contribution in [0.3, 0.4) is 0 Å². The van der Waals surface area contributed by atoms with Crippen molar-refractivity contribution >= 4 is 11.8 Å². The third kappa shape index (κ3) is 2.39. The molecule has 1 atom stereocenters. The molecule has 1 aromatic heterocycles. The minimum Gasteiger partial charge on any atom is -0.345 e. The van der Waals surface area contributed by atoms with Crippen LogP contribution in [-0.4, -0.2) is 44.1 Å². The standard InChI is InChI=1S/C13H19N5O2/c1-2-5-18-10(15-8-16-18)7-17-11(19)6-14-13(20)12(17)9-3-4-9/h8-9,12H,2-7H2,1H3,(H,14,20). The van der Waals surface area contributed by atoms with E-state index in [4.69, 9.17) is 0 Å². The second-order valence-electron chi connectivity index (χ2n) is 5.42. The van der Waals surface area contributed by atoms with E-state index in [9.17, 15) is 9.59 Å². The van der Waals surface area contributed by atoms with Crippen molar-refractivity contribution in [1.29, 1.82) is 0 Å². The molecule has 1 saturated carbocycles. The largest absolute Gasteiger partial charge is 0.345 e. The van der Waals surface area contributed by atoms with Crippen molar-refractivity contribution in [1.82, 2.24) is 25.0 Å². The van der Waals surface area contributed by atoms with Crippen LogP contribution in [0, 0.1) is 5.92 Å². The molecule has 1 N–H and O–H groups in total. The predicted molar refractivity (Wildman–Crippen MR) is 70.4 cm³/mol. The lowest BCUT2D eigenvalue weighted by atomic mass is 10.1. The lowest BCUT2D eigenvalue weighted by Crippen LogP contribution is -2.59. The highest BCUT2D eigenvalue weighted by Crippen LogP contribution is 2.36. The molecule has 7 nitrogen and oxygen atoms in total. The Hall–Kier alpha value is -1.92. The molecule has 0 aromatic carbocycles. The van der Waals surface area contributed by atoms with E-state index in [1.165, 1.54) is 6.33 Å². The van der Waals surface area contributed by atoms with Gasteiger partial charge >= 0.3 is 0 Å². The van der Waals surface area contributed by atoms with Gasteiger partial charge in [0.1, 0.15) is 18.2 Å². The number of hydrogen-bond donors (Lipinski definition) is 1. The van der Waals surface area contributed by atoms with Gasteiger partial charge in [0.05, 0.1) is 13.1 Å². The van der Waals surface area contributed by atoms with Gasteiger partial charge in [0, 0.05) is 6.54 Å². The fourth-order valence-electron chi connectivity index (χ4n) is 2.69. The number of piperazine rings is 1. The maximum atomic E-state index is 12.1. The van der Waals surface area contributed by atoms with Gasteiger partial charge in [-0.05, 0) is 25.2 Å². The van der Waals surface area contributed by atoms with Crippen LogP contribution >= 0.6 is 0 Å². The van der Waals surface area contributed by atoms with Crippen LogP contribution in [0.15, 0.2) is 6.33 Å². The number of amides is 2. The Morgan fingerprint density at radius 1 is 1.40 bits per heavy atom. The normalized spacial score (nSPS) is 23.1. The zero-order valence-electron chi connectivity index (χ0n) is 11.6. The molecule has 1 saturated heterocycles. The van der Waals surface area contributed by atoms with E-state index in [0.717, 1.165) is 31.6 Å². The molecular weight excluding hydrogens is 258 g/mol. The highest BCUT2D eigenvalue weighted by Gasteiger charge is 2.44. The van der Waals surface area contributed by atoms with Crippen molar-refractivity contribution in [3.63, 3.8) is 0 Å². The fourth-order valence-corrected chi connectivity index (χ4v) is 2.69. The smallest absolute Gasteiger partial charge is 0.243 e. The molecule has 3 rings (SSSR count). The Bertz CT molecular complexity index is 523. The zero-order chi connectivity index (χ0) is 14.1. The number of aromatic nitrogens is 3. The number of rotatable bonds is 5. The molecule has 2 heterocycles. The highest BCUT2D eigenvalue weighted by molar-refractivity contribution is 5.95. The van der Waals surface area contributed by atoms with Crippen LogP contribution in [0.1, 0.15) is 32.0 Å². The second-order valence-corrected chi connectivity index (χ2v) is 5.42. The van der Waals surface area contributed by atoms with Crippen molar-refractivity contribution in [3.8, 4) is 0 Å². The van der Waals surface area contributed by atoms with Crippen LogP contribution in [0.4, 0.5) is 0 Å². The summed E-state index contributed by atoms with van der Waals surface area (Å²) in [5, 5.41) is 6.85. The summed E-state index contributed by atoms with van der Waals surface area (Å²) in [6.45, 7) is 3.30. The van der Waals surface area contributed by atoms with Gasteiger partial charge in [-0.15, -0.1) is 0 Å². The van der Waals surface area contributed by atoms with Gasteiger partial charge in [0.2, 0.25) is 11.8 Å². The average molecular weight is 277 g/mol. The van der Waals surface area contributed by atoms with E-state index in [1.54, 1.807) is 4.90 Å². The van der Waals surface area contributed by atoms with Crippen LogP contribution in [0.5, 0.6) is 0 Å². The second kappa shape index (κ2) is 5.22. The molecule has 0 bridgehead atoms. The minimum absolute atomic E-state index is 0.0337. The number of nitrogens with one attached hydrogen (secondary N) is 1. The number of hydrogen-bond acceptors (Lipinski definition) is 4. The van der Waals surface area contributed by atoms with Gasteiger partial charge in [-0.3, -0.25) is 9.59 Å². The first-order valence-corrected chi connectivity index (χ1v) is 7.14. The van der Waals surface area contributed by atoms with Gasteiger partial charge < -0.3 is 10.2 Å². The zero-order valence-corrected chi connectivity index (χ0v) is 11.6. The van der Waals surface area contributed by atoms with E-state index in [0.29, 0.717) is 12.5 Å². The van der Waals surface area contributed by atoms with Crippen LogP contribution in [-0.2, 0) is 22.7 Å². The van der Waals surface area contributed by atoms with Gasteiger partial charge in [0.25, 0.3) is 0 Å². The summed E-state index contributed by atoms with van der Waals surface area (Å²) in [7, 11) is 0. The number of nitrogens with zero attached hydrogens (tertiary/aromatic N) is 4. The Kier molecular flexibility index (Phi) is 3.42. The van der Waals surface area contributed by atoms with Crippen molar-refractivity contribution in [2.75, 3.05) is 6.54 Å². The lowest BCUT2D eigenvalue weighted by molar-refractivity contribution is -0.147. The molecule has 1 aliphatic carbocycles. The maximum absolute atomic E-state index is 12.1. The Morgan fingerprint density at radius 3 is 2.90 bits per heavy atom. The first kappa shape index (κ1) is 13.1. The Balaban J connectivity index is 1.80. The fraction of sp³-hybridized carbons (Fsp3) is 0.692. The quantitative estimate of drug-likeness (QED) is 0.816. The molecule has 1 unspecified atom stereocenters. The molecule has 20 heavy (non-hydrogen) atoms. The van der Waals surface area contributed by atoms with E-state index in [1.807, 2.05) is 4.68 Å². The predicted octanol–water partition coefficient (Wildman–Crippen LogP) is -0.0749. The third-order valence-corrected chi connectivity index (χ3v) is 3.85. The highest BCUT2D eigenvalue weighted by atomic mass is 16.2. The van der Waals surface area contributed by atoms with Gasteiger partial charge in [-0.2, -0.15) is 5.10 Å². The first-order valence-electron chi connectivity index (χ1n) is 7.14. The van der Waals surface area contributed by atoms with Crippen molar-refractivity contribution in [2.45, 2.75) is 45.3 Å². The van der Waals surface area contributed by atoms with E-state index in [2.05, 4.69) is 22.3 Å². The molecule has 7 heteroatoms. The molecule has 1 aliphatic heterocycles. The number of carbonyl (C=O) groups is 2. The minimum atomic E-state index is -0.331. The molecule has 0 spiro atoms. The topological polar surface area (TPSA) is 80.1 Å². The van der Waals surface area contributed by atoms with Crippen LogP contribution in [0.25, 0.3) is 0 Å². The third-order valence-electron chi connectivity index (χ3n) is 3.85. The van der Waals surface area contributed by atoms with Gasteiger partial charge in [-0.25, -0.2) is 9.67 Å². The molecular formula is C13H19N5O2. The molecule has 108 valence electrons. The summed E-state index contributed by atoms with van der Waals surface area (Å²) in [6.07, 6.45) is 4.50. The maximum Gasteiger partial charge on any atom is 0.243 e. The van der Waals surface area contributed by atoms with Crippen molar-refractivity contribution in [3.05, 3.63) is 12.2 Å². The average Bonchev–Trinajstić information content (AvgIpc) is 3.17. The Labute approximate surface area is 117 Å². The monoisotopic (exact) mass is 277 g/mol. The molecule has 2 aliphatic rings. The van der Waals surface area contributed by atoms with Crippen molar-refractivity contribution in [2.24, 2.45) is 5.92 Å². The number of carbonyl (C=O) groups excluding carboxylic acids is 2. The lowest BCUT2D eigenvalue weighted by Gasteiger charge is -2.34. The number of aryl methyl sites for hydroxylation is 1. The van der Waals surface area contributed by atoms with E-state index >= 15 is 0 Å². The summed E-state index contributed by atoms with van der Waals surface area (Å²) >= 11 is 0. The van der Waals surface area contributed by atoms with Gasteiger partial charge in [-0.1, -0.05) is 6.92 Å². The van der Waals surface area contributed by atoms with Crippen LogP contribution < -0.4 is 5.32 Å². The molecule has 0 radical (unpaired) electrons. The molecule has 2 amide bonds. The van der Waals surface area contributed by atoms with Crippen molar-refractivity contribution < 1.29 is 9.59 Å². The summed E-state index contributed by atoms with van der Waals surface area (Å²) < 4.78 is 1.81. The molecule has 2 fully saturated rings. The summed E-state index contributed by atoms with van der Waals surface area (Å²) in [6, 6.07) is -0.331. The molecule has 1 aromatic rings. The summed E-state index contributed by atoms with van der Waals surface area (Å²) in [5.74, 6) is 0.989.